The molecule has 14 heavy (non-hydrogen) atoms. The molecule has 1 N–H and O–H groups in total. The third kappa shape index (κ3) is 1.61. The van der Waals surface area contributed by atoms with Crippen LogP contribution in [0.4, 0.5) is 0 Å². The lowest BCUT2D eigenvalue weighted by molar-refractivity contribution is 0.135. The van der Waals surface area contributed by atoms with Crippen LogP contribution in [-0.4, -0.2) is 11.7 Å². The monoisotopic (exact) mass is 208 g/mol. The Hall–Kier alpha value is -1.06. The van der Waals surface area contributed by atoms with Crippen LogP contribution < -0.4 is 0 Å². The summed E-state index contributed by atoms with van der Waals surface area (Å²) >= 11 is 1.56. The third-order valence-corrected chi connectivity index (χ3v) is 3.19. The van der Waals surface area contributed by atoms with E-state index in [0.717, 1.165) is 22.3 Å². The van der Waals surface area contributed by atoms with Gasteiger partial charge in [-0.2, -0.15) is 0 Å². The van der Waals surface area contributed by atoms with Crippen LogP contribution in [0.15, 0.2) is 23.6 Å². The first-order valence-electron chi connectivity index (χ1n) is 4.58. The van der Waals surface area contributed by atoms with Gasteiger partial charge in [-0.05, 0) is 23.9 Å². The van der Waals surface area contributed by atoms with Gasteiger partial charge in [-0.15, -0.1) is 11.3 Å². The Kier molecular flexibility index (Phi) is 2.70. The Bertz CT molecular complexity index is 434. The van der Waals surface area contributed by atoms with Crippen molar-refractivity contribution in [3.63, 3.8) is 0 Å². The van der Waals surface area contributed by atoms with E-state index in [1.165, 1.54) is 0 Å². The van der Waals surface area contributed by atoms with Gasteiger partial charge < -0.3 is 9.84 Å². The Morgan fingerprint density at radius 1 is 1.43 bits per heavy atom. The standard InChI is InChI=1S/C11H12O2S/c1-2-13-6-8-7-14-11-9(8)4-3-5-10(11)12/h3-5,7,12H,2,6H2,1H3. The Labute approximate surface area is 86.8 Å². The first kappa shape index (κ1) is 9.49. The number of phenols is 1. The third-order valence-electron chi connectivity index (χ3n) is 2.12. The Morgan fingerprint density at radius 3 is 3.07 bits per heavy atom. The molecule has 0 aliphatic carbocycles. The fourth-order valence-corrected chi connectivity index (χ4v) is 2.39. The molecule has 1 aromatic carbocycles. The number of fused-ring (bicyclic) bond motifs is 1. The van der Waals surface area contributed by atoms with Gasteiger partial charge >= 0.3 is 0 Å². The number of ether oxygens (including phenoxy) is 1. The summed E-state index contributed by atoms with van der Waals surface area (Å²) in [6.45, 7) is 3.32. The zero-order chi connectivity index (χ0) is 9.97. The molecule has 1 heterocycles. The van der Waals surface area contributed by atoms with Crippen molar-refractivity contribution in [1.82, 2.24) is 0 Å². The second-order valence-electron chi connectivity index (χ2n) is 3.05. The highest BCUT2D eigenvalue weighted by atomic mass is 32.1. The highest BCUT2D eigenvalue weighted by Crippen LogP contribution is 2.33. The lowest BCUT2D eigenvalue weighted by Gasteiger charge is -1.99. The molecule has 0 spiro atoms. The molecule has 0 aliphatic heterocycles. The van der Waals surface area contributed by atoms with E-state index in [-0.39, 0.29) is 0 Å². The fraction of sp³-hybridized carbons (Fsp3) is 0.273. The molecule has 0 fully saturated rings. The van der Waals surface area contributed by atoms with Gasteiger partial charge in [0, 0.05) is 12.0 Å². The second kappa shape index (κ2) is 3.98. The van der Waals surface area contributed by atoms with Gasteiger partial charge in [-0.1, -0.05) is 12.1 Å². The molecule has 2 rings (SSSR count). The van der Waals surface area contributed by atoms with E-state index in [9.17, 15) is 5.11 Å². The largest absolute Gasteiger partial charge is 0.506 e. The number of hydrogen-bond acceptors (Lipinski definition) is 3. The van der Waals surface area contributed by atoms with E-state index < -0.39 is 0 Å². The first-order valence-corrected chi connectivity index (χ1v) is 5.46. The average Bonchev–Trinajstić information content (AvgIpc) is 2.60. The predicted molar refractivity (Wildman–Crippen MR) is 58.8 cm³/mol. The zero-order valence-corrected chi connectivity index (χ0v) is 8.80. The number of phenolic OH excluding ortho intramolecular Hbond substituents is 1. The normalized spacial score (nSPS) is 10.9. The van der Waals surface area contributed by atoms with E-state index in [0.29, 0.717) is 12.4 Å². The number of benzene rings is 1. The van der Waals surface area contributed by atoms with Crippen LogP contribution in [0.25, 0.3) is 10.1 Å². The van der Waals surface area contributed by atoms with Crippen LogP contribution in [0.1, 0.15) is 12.5 Å². The van der Waals surface area contributed by atoms with Crippen molar-refractivity contribution in [3.05, 3.63) is 29.1 Å². The van der Waals surface area contributed by atoms with Crippen molar-refractivity contribution in [1.29, 1.82) is 0 Å². The molecule has 0 amide bonds. The van der Waals surface area contributed by atoms with Gasteiger partial charge in [0.15, 0.2) is 0 Å². The van der Waals surface area contributed by atoms with Crippen LogP contribution in [0, 0.1) is 0 Å². The molecule has 0 saturated heterocycles. The minimum Gasteiger partial charge on any atom is -0.506 e. The van der Waals surface area contributed by atoms with Crippen LogP contribution in [0.5, 0.6) is 5.75 Å². The maximum absolute atomic E-state index is 9.58. The Balaban J connectivity index is 2.42. The summed E-state index contributed by atoms with van der Waals surface area (Å²) in [6, 6.07) is 5.59. The number of aromatic hydroxyl groups is 1. The number of rotatable bonds is 3. The average molecular weight is 208 g/mol. The van der Waals surface area contributed by atoms with Crippen molar-refractivity contribution in [2.75, 3.05) is 6.61 Å². The van der Waals surface area contributed by atoms with Crippen LogP contribution in [-0.2, 0) is 11.3 Å². The van der Waals surface area contributed by atoms with E-state index in [2.05, 4.69) is 0 Å². The minimum absolute atomic E-state index is 0.357. The summed E-state index contributed by atoms with van der Waals surface area (Å²) in [6.07, 6.45) is 0. The molecule has 2 nitrogen and oxygen atoms in total. The lowest BCUT2D eigenvalue weighted by atomic mass is 10.2. The quantitative estimate of drug-likeness (QED) is 0.839. The number of thiophene rings is 1. The minimum atomic E-state index is 0.357. The molecule has 0 bridgehead atoms. The van der Waals surface area contributed by atoms with Gasteiger partial charge in [0.2, 0.25) is 0 Å². The van der Waals surface area contributed by atoms with Crippen LogP contribution in [0.2, 0.25) is 0 Å². The fourth-order valence-electron chi connectivity index (χ4n) is 1.42. The topological polar surface area (TPSA) is 29.5 Å². The molecule has 2 aromatic rings. The molecule has 0 atom stereocenters. The number of hydrogen-bond donors (Lipinski definition) is 1. The van der Waals surface area contributed by atoms with E-state index >= 15 is 0 Å². The lowest BCUT2D eigenvalue weighted by Crippen LogP contribution is -1.89. The van der Waals surface area contributed by atoms with Gasteiger partial charge in [-0.3, -0.25) is 0 Å². The molecule has 0 radical (unpaired) electrons. The summed E-state index contributed by atoms with van der Waals surface area (Å²) in [5, 5.41) is 12.7. The molecule has 0 saturated carbocycles. The van der Waals surface area contributed by atoms with Gasteiger partial charge in [0.25, 0.3) is 0 Å². The summed E-state index contributed by atoms with van der Waals surface area (Å²) < 4.78 is 6.30. The SMILES string of the molecule is CCOCc1csc2c(O)cccc12. The maximum Gasteiger partial charge on any atom is 0.133 e. The highest BCUT2D eigenvalue weighted by molar-refractivity contribution is 7.17. The maximum atomic E-state index is 9.58. The second-order valence-corrected chi connectivity index (χ2v) is 3.93. The van der Waals surface area contributed by atoms with Gasteiger partial charge in [0.05, 0.1) is 11.3 Å². The molecule has 1 aromatic heterocycles. The smallest absolute Gasteiger partial charge is 0.133 e. The zero-order valence-electron chi connectivity index (χ0n) is 7.99. The van der Waals surface area contributed by atoms with E-state index in [1.54, 1.807) is 17.4 Å². The summed E-state index contributed by atoms with van der Waals surface area (Å²) in [7, 11) is 0. The predicted octanol–water partition coefficient (Wildman–Crippen LogP) is 3.14. The van der Waals surface area contributed by atoms with E-state index in [1.807, 2.05) is 24.4 Å². The molecule has 0 unspecified atom stereocenters. The van der Waals surface area contributed by atoms with E-state index in [4.69, 9.17) is 4.74 Å². The molecule has 3 heteroatoms. The van der Waals surface area contributed by atoms with Gasteiger partial charge in [0.1, 0.15) is 5.75 Å². The van der Waals surface area contributed by atoms with Crippen molar-refractivity contribution in [3.8, 4) is 5.75 Å². The summed E-state index contributed by atoms with van der Waals surface area (Å²) in [5.41, 5.74) is 1.16. The summed E-state index contributed by atoms with van der Waals surface area (Å²) in [4.78, 5) is 0. The van der Waals surface area contributed by atoms with Crippen molar-refractivity contribution < 1.29 is 9.84 Å². The summed E-state index contributed by atoms with van der Waals surface area (Å²) in [5.74, 6) is 0.357. The first-order chi connectivity index (χ1) is 6.83. The highest BCUT2D eigenvalue weighted by Gasteiger charge is 2.06. The Morgan fingerprint density at radius 2 is 2.29 bits per heavy atom. The van der Waals surface area contributed by atoms with Crippen LogP contribution in [0.3, 0.4) is 0 Å². The van der Waals surface area contributed by atoms with Crippen molar-refractivity contribution >= 4 is 21.4 Å². The van der Waals surface area contributed by atoms with Gasteiger partial charge in [-0.25, -0.2) is 0 Å². The molecule has 0 aliphatic rings. The van der Waals surface area contributed by atoms with Crippen molar-refractivity contribution in [2.45, 2.75) is 13.5 Å². The van der Waals surface area contributed by atoms with Crippen LogP contribution >= 0.6 is 11.3 Å². The molecular formula is C11H12O2S. The molecule has 74 valence electrons. The molecular weight excluding hydrogens is 196 g/mol. The van der Waals surface area contributed by atoms with Crippen molar-refractivity contribution in [2.24, 2.45) is 0 Å².